The predicted octanol–water partition coefficient (Wildman–Crippen LogP) is 3.40. The Balaban J connectivity index is 1.39. The Morgan fingerprint density at radius 1 is 1.07 bits per heavy atom. The summed E-state index contributed by atoms with van der Waals surface area (Å²) >= 11 is 0. The molecule has 0 saturated carbocycles. The van der Waals surface area contributed by atoms with Gasteiger partial charge in [0, 0.05) is 18.3 Å². The molecule has 0 unspecified atom stereocenters. The van der Waals surface area contributed by atoms with Gasteiger partial charge in [0.05, 0.1) is 5.56 Å². The van der Waals surface area contributed by atoms with Gasteiger partial charge < -0.3 is 20.0 Å². The monoisotopic (exact) mass is 362 g/mol. The minimum Gasteiger partial charge on any atom is -0.423 e. The Bertz CT molecular complexity index is 961. The summed E-state index contributed by atoms with van der Waals surface area (Å²) in [6, 6.07) is 15.8. The van der Waals surface area contributed by atoms with Crippen LogP contribution in [0.25, 0.3) is 11.1 Å². The number of oxazole rings is 1. The first-order valence-corrected chi connectivity index (χ1v) is 9.51. The molecular weight excluding hydrogens is 340 g/mol. The molecule has 4 heterocycles. The number of rotatable bonds is 4. The summed E-state index contributed by atoms with van der Waals surface area (Å²) in [6.07, 6.45) is 2.34. The Labute approximate surface area is 157 Å². The molecule has 0 spiro atoms. The zero-order chi connectivity index (χ0) is 18.2. The van der Waals surface area contributed by atoms with Gasteiger partial charge >= 0.3 is 0 Å². The summed E-state index contributed by atoms with van der Waals surface area (Å²) in [5, 5.41) is 6.38. The number of aromatic nitrogens is 1. The highest BCUT2D eigenvalue weighted by Crippen LogP contribution is 2.29. The number of benzene rings is 2. The fraction of sp³-hybridized carbons (Fsp3) is 0.333. The first-order valence-electron chi connectivity index (χ1n) is 9.51. The van der Waals surface area contributed by atoms with Crippen LogP contribution in [0.2, 0.25) is 0 Å². The molecule has 138 valence electrons. The summed E-state index contributed by atoms with van der Waals surface area (Å²) in [5.41, 5.74) is 2.65. The van der Waals surface area contributed by atoms with Crippen LogP contribution in [0.3, 0.4) is 0 Å². The zero-order valence-corrected chi connectivity index (χ0v) is 15.0. The minimum atomic E-state index is -0.0705. The average molecular weight is 362 g/mol. The maximum atomic E-state index is 12.9. The third kappa shape index (κ3) is 3.17. The van der Waals surface area contributed by atoms with Crippen molar-refractivity contribution in [3.05, 3.63) is 54.1 Å². The standard InChI is InChI=1S/C21H22N4O2/c26-20(23-17-13-25-11-9-14(17)10-12-25)16-7-4-8-18-19(16)24-21(27-18)22-15-5-2-1-3-6-15/h1-8,14,17H,9-13H2,(H,22,24)(H,23,26)/t17-/m1/s1. The minimum absolute atomic E-state index is 0.0705. The van der Waals surface area contributed by atoms with Gasteiger partial charge in [-0.05, 0) is 56.1 Å². The van der Waals surface area contributed by atoms with Crippen LogP contribution < -0.4 is 10.6 Å². The molecule has 1 amide bonds. The maximum absolute atomic E-state index is 12.9. The van der Waals surface area contributed by atoms with E-state index in [9.17, 15) is 4.79 Å². The molecule has 3 aliphatic rings. The molecule has 2 N–H and O–H groups in total. The zero-order valence-electron chi connectivity index (χ0n) is 15.0. The number of amides is 1. The van der Waals surface area contributed by atoms with E-state index in [1.807, 2.05) is 48.5 Å². The quantitative estimate of drug-likeness (QED) is 0.744. The van der Waals surface area contributed by atoms with Crippen molar-refractivity contribution in [2.24, 2.45) is 5.92 Å². The third-order valence-electron chi connectivity index (χ3n) is 5.66. The Hall–Kier alpha value is -2.86. The molecule has 1 atom stereocenters. The first-order chi connectivity index (χ1) is 13.3. The van der Waals surface area contributed by atoms with E-state index in [1.165, 1.54) is 12.8 Å². The smallest absolute Gasteiger partial charge is 0.300 e. The molecule has 2 bridgehead atoms. The lowest BCUT2D eigenvalue weighted by Crippen LogP contribution is -2.57. The van der Waals surface area contributed by atoms with Gasteiger partial charge in [0.1, 0.15) is 5.52 Å². The summed E-state index contributed by atoms with van der Waals surface area (Å²) in [6.45, 7) is 3.26. The molecule has 3 fully saturated rings. The number of nitrogens with one attached hydrogen (secondary N) is 2. The third-order valence-corrected chi connectivity index (χ3v) is 5.66. The largest absolute Gasteiger partial charge is 0.423 e. The van der Waals surface area contributed by atoms with Crippen LogP contribution in [0, 0.1) is 5.92 Å². The maximum Gasteiger partial charge on any atom is 0.300 e. The second-order valence-electron chi connectivity index (χ2n) is 7.38. The topological polar surface area (TPSA) is 70.4 Å². The van der Waals surface area contributed by atoms with Crippen molar-refractivity contribution in [2.45, 2.75) is 18.9 Å². The lowest BCUT2D eigenvalue weighted by atomic mass is 9.84. The van der Waals surface area contributed by atoms with Crippen LogP contribution >= 0.6 is 0 Å². The van der Waals surface area contributed by atoms with E-state index in [2.05, 4.69) is 20.5 Å². The Morgan fingerprint density at radius 3 is 2.63 bits per heavy atom. The van der Waals surface area contributed by atoms with E-state index in [0.717, 1.165) is 25.3 Å². The normalized spacial score (nSPS) is 24.1. The van der Waals surface area contributed by atoms with Crippen molar-refractivity contribution < 1.29 is 9.21 Å². The fourth-order valence-electron chi connectivity index (χ4n) is 4.20. The van der Waals surface area contributed by atoms with E-state index in [4.69, 9.17) is 4.42 Å². The predicted molar refractivity (Wildman–Crippen MR) is 104 cm³/mol. The number of anilines is 2. The van der Waals surface area contributed by atoms with Crippen molar-refractivity contribution in [3.63, 3.8) is 0 Å². The van der Waals surface area contributed by atoms with Gasteiger partial charge in [-0.25, -0.2) is 0 Å². The number of carbonyl (C=O) groups is 1. The van der Waals surface area contributed by atoms with Gasteiger partial charge in [-0.3, -0.25) is 4.79 Å². The van der Waals surface area contributed by atoms with Crippen LogP contribution in [0.15, 0.2) is 52.9 Å². The van der Waals surface area contributed by atoms with Crippen LogP contribution in [0.1, 0.15) is 23.2 Å². The van der Waals surface area contributed by atoms with Gasteiger partial charge in [0.2, 0.25) is 0 Å². The van der Waals surface area contributed by atoms with Gasteiger partial charge in [-0.2, -0.15) is 4.98 Å². The molecule has 0 radical (unpaired) electrons. The van der Waals surface area contributed by atoms with Crippen molar-refractivity contribution in [3.8, 4) is 0 Å². The van der Waals surface area contributed by atoms with E-state index >= 15 is 0 Å². The number of nitrogens with zero attached hydrogens (tertiary/aromatic N) is 2. The van der Waals surface area contributed by atoms with Crippen LogP contribution in [0.5, 0.6) is 0 Å². The molecular formula is C21H22N4O2. The Morgan fingerprint density at radius 2 is 1.89 bits per heavy atom. The number of hydrogen-bond acceptors (Lipinski definition) is 5. The van der Waals surface area contributed by atoms with Crippen LogP contribution in [0.4, 0.5) is 11.7 Å². The average Bonchev–Trinajstić information content (AvgIpc) is 3.12. The molecule has 1 aromatic heterocycles. The second kappa shape index (κ2) is 6.70. The van der Waals surface area contributed by atoms with Crippen molar-refractivity contribution in [1.82, 2.24) is 15.2 Å². The van der Waals surface area contributed by atoms with Gasteiger partial charge in [0.25, 0.3) is 11.9 Å². The fourth-order valence-corrected chi connectivity index (χ4v) is 4.20. The van der Waals surface area contributed by atoms with E-state index in [-0.39, 0.29) is 11.9 Å². The van der Waals surface area contributed by atoms with Crippen LogP contribution in [-0.2, 0) is 0 Å². The molecule has 6 rings (SSSR count). The van der Waals surface area contributed by atoms with Gasteiger partial charge in [-0.15, -0.1) is 0 Å². The highest BCUT2D eigenvalue weighted by Gasteiger charge is 2.35. The number of para-hydroxylation sites is 2. The SMILES string of the molecule is O=C(N[C@@H]1CN2CCC1CC2)c1cccc2oc(Nc3ccccc3)nc12. The lowest BCUT2D eigenvalue weighted by Gasteiger charge is -2.44. The van der Waals surface area contributed by atoms with Crippen molar-refractivity contribution in [1.29, 1.82) is 0 Å². The summed E-state index contributed by atoms with van der Waals surface area (Å²) in [4.78, 5) is 19.9. The molecule has 6 heteroatoms. The van der Waals surface area contributed by atoms with Gasteiger partial charge in [-0.1, -0.05) is 24.3 Å². The second-order valence-corrected chi connectivity index (χ2v) is 7.38. The molecule has 3 aliphatic heterocycles. The molecule has 3 aromatic rings. The molecule has 3 saturated heterocycles. The highest BCUT2D eigenvalue weighted by atomic mass is 16.4. The van der Waals surface area contributed by atoms with Crippen molar-refractivity contribution >= 4 is 28.7 Å². The molecule has 2 aromatic carbocycles. The van der Waals surface area contributed by atoms with E-state index in [1.54, 1.807) is 0 Å². The first kappa shape index (κ1) is 16.3. The van der Waals surface area contributed by atoms with Crippen molar-refractivity contribution in [2.75, 3.05) is 25.0 Å². The molecule has 27 heavy (non-hydrogen) atoms. The summed E-state index contributed by atoms with van der Waals surface area (Å²) in [5.74, 6) is 0.518. The highest BCUT2D eigenvalue weighted by molar-refractivity contribution is 6.04. The van der Waals surface area contributed by atoms with Crippen LogP contribution in [-0.4, -0.2) is 41.5 Å². The number of carbonyl (C=O) groups excluding carboxylic acids is 1. The number of fused-ring (bicyclic) bond motifs is 4. The molecule has 6 nitrogen and oxygen atoms in total. The van der Waals surface area contributed by atoms with Gasteiger partial charge in [0.15, 0.2) is 5.58 Å². The number of hydrogen-bond donors (Lipinski definition) is 2. The lowest BCUT2D eigenvalue weighted by molar-refractivity contribution is 0.0621. The molecule has 0 aliphatic carbocycles. The van der Waals surface area contributed by atoms with E-state index < -0.39 is 0 Å². The van der Waals surface area contributed by atoms with E-state index in [0.29, 0.717) is 28.6 Å². The summed E-state index contributed by atoms with van der Waals surface area (Å²) in [7, 11) is 0. The number of piperidine rings is 3. The summed E-state index contributed by atoms with van der Waals surface area (Å²) < 4.78 is 5.79. The Kier molecular flexibility index (Phi) is 4.05.